The summed E-state index contributed by atoms with van der Waals surface area (Å²) in [7, 11) is 0. The number of hydrogen-bond acceptors (Lipinski definition) is 5. The predicted molar refractivity (Wildman–Crippen MR) is 188 cm³/mol. The molecule has 0 saturated carbocycles. The zero-order valence-electron chi connectivity index (χ0n) is 26.4. The molecule has 4 atom stereocenters. The molecule has 240 valence electrons. The van der Waals surface area contributed by atoms with Crippen LogP contribution in [0.1, 0.15) is 47.1 Å². The van der Waals surface area contributed by atoms with Gasteiger partial charge in [-0.25, -0.2) is 4.79 Å². The third-order valence-electron chi connectivity index (χ3n) is 8.47. The van der Waals surface area contributed by atoms with Crippen LogP contribution >= 0.6 is 11.8 Å². The lowest BCUT2D eigenvalue weighted by atomic mass is 9.91. The quantitative estimate of drug-likeness (QED) is 0.126. The molecule has 6 nitrogen and oxygen atoms in total. The molecule has 1 aliphatic rings. The fourth-order valence-electron chi connectivity index (χ4n) is 5.72. The number of amides is 2. The molecule has 5 aromatic carbocycles. The zero-order chi connectivity index (χ0) is 32.4. The van der Waals surface area contributed by atoms with Gasteiger partial charge in [-0.05, 0) is 51.6 Å². The fraction of sp³-hybridized carbons (Fsp3) is 0.225. The summed E-state index contributed by atoms with van der Waals surface area (Å²) in [4.78, 5) is 13.6. The molecule has 0 spiro atoms. The molecule has 3 N–H and O–H groups in total. The van der Waals surface area contributed by atoms with Crippen LogP contribution in [0.15, 0.2) is 138 Å². The van der Waals surface area contributed by atoms with Gasteiger partial charge in [0.2, 0.25) is 0 Å². The normalized spacial score (nSPS) is 19.2. The Morgan fingerprint density at radius 1 is 0.681 bits per heavy atom. The van der Waals surface area contributed by atoms with Crippen molar-refractivity contribution in [1.82, 2.24) is 10.6 Å². The molecule has 1 fully saturated rings. The smallest absolute Gasteiger partial charge is 0.315 e. The first-order chi connectivity index (χ1) is 23.1. The van der Waals surface area contributed by atoms with Gasteiger partial charge in [0.25, 0.3) is 0 Å². The Bertz CT molecular complexity index is 1720. The second kappa shape index (κ2) is 15.9. The van der Waals surface area contributed by atoms with Crippen molar-refractivity contribution in [2.24, 2.45) is 5.92 Å². The van der Waals surface area contributed by atoms with Crippen molar-refractivity contribution >= 4 is 17.8 Å². The highest BCUT2D eigenvalue weighted by Crippen LogP contribution is 2.43. The largest absolute Gasteiger partial charge is 0.392 e. The zero-order valence-corrected chi connectivity index (χ0v) is 27.2. The number of benzene rings is 5. The highest BCUT2D eigenvalue weighted by atomic mass is 32.2. The number of hydrogen-bond donors (Lipinski definition) is 3. The van der Waals surface area contributed by atoms with Crippen LogP contribution in [-0.2, 0) is 29.2 Å². The summed E-state index contributed by atoms with van der Waals surface area (Å²) in [5.41, 5.74) is 7.12. The summed E-state index contributed by atoms with van der Waals surface area (Å²) >= 11 is 1.80. The van der Waals surface area contributed by atoms with Crippen molar-refractivity contribution in [2.45, 2.75) is 50.0 Å². The minimum absolute atomic E-state index is 0.0132. The van der Waals surface area contributed by atoms with Crippen molar-refractivity contribution < 1.29 is 19.4 Å². The first-order valence-corrected chi connectivity index (χ1v) is 17.0. The Hall–Kier alpha value is -4.40. The second-order valence-electron chi connectivity index (χ2n) is 11.8. The minimum Gasteiger partial charge on any atom is -0.392 e. The second-order valence-corrected chi connectivity index (χ2v) is 12.9. The molecule has 1 heterocycles. The van der Waals surface area contributed by atoms with E-state index in [0.29, 0.717) is 13.1 Å². The molecule has 1 saturated heterocycles. The SMILES string of the molecule is C[C@H]1[C@@H](CSc2ccccc2)O[C@@H](c2ccc(-c3cccc(CNC(=O)NCc4ccccc4)c3)cc2)O[C@H]1c1ccc(CO)cc1. The number of rotatable bonds is 11. The molecule has 0 aromatic heterocycles. The van der Waals surface area contributed by atoms with Crippen LogP contribution in [0.5, 0.6) is 0 Å². The molecule has 0 unspecified atom stereocenters. The summed E-state index contributed by atoms with van der Waals surface area (Å²) in [6.45, 7) is 3.11. The van der Waals surface area contributed by atoms with Gasteiger partial charge >= 0.3 is 6.03 Å². The van der Waals surface area contributed by atoms with E-state index < -0.39 is 6.29 Å². The third kappa shape index (κ3) is 8.70. The van der Waals surface area contributed by atoms with Gasteiger partial charge in [-0.15, -0.1) is 11.8 Å². The van der Waals surface area contributed by atoms with Gasteiger partial charge in [-0.3, -0.25) is 0 Å². The summed E-state index contributed by atoms with van der Waals surface area (Å²) in [6, 6.07) is 44.6. The Morgan fingerprint density at radius 3 is 2.02 bits per heavy atom. The maximum Gasteiger partial charge on any atom is 0.315 e. The summed E-state index contributed by atoms with van der Waals surface area (Å²) in [5, 5.41) is 15.4. The molecular weight excluding hydrogens is 605 g/mol. The standard InChI is InChI=1S/C40H40N2O4S/c1-28-37(27-47-36-13-6-3-7-14-36)45-39(46-38(28)33-17-15-30(26-43)16-18-33)34-21-19-32(20-22-34)35-12-8-11-31(23-35)25-42-40(44)41-24-29-9-4-2-5-10-29/h2-23,28,37-39,43H,24-27H2,1H3,(H2,41,42,44)/t28-,37+,38+,39+/m0/s1. The summed E-state index contributed by atoms with van der Waals surface area (Å²) in [6.07, 6.45) is -0.707. The van der Waals surface area contributed by atoms with Gasteiger partial charge in [0.05, 0.1) is 18.8 Å². The Balaban J connectivity index is 1.13. The van der Waals surface area contributed by atoms with E-state index in [1.807, 2.05) is 72.8 Å². The lowest BCUT2D eigenvalue weighted by Gasteiger charge is -2.41. The van der Waals surface area contributed by atoms with Crippen LogP contribution in [0.2, 0.25) is 0 Å². The topological polar surface area (TPSA) is 79.8 Å². The van der Waals surface area contributed by atoms with Gasteiger partial charge in [0, 0.05) is 35.2 Å². The van der Waals surface area contributed by atoms with E-state index in [1.165, 1.54) is 4.90 Å². The number of carbonyl (C=O) groups is 1. The average Bonchev–Trinajstić information content (AvgIpc) is 3.14. The van der Waals surface area contributed by atoms with Crippen LogP contribution in [0, 0.1) is 5.92 Å². The first-order valence-electron chi connectivity index (χ1n) is 16.0. The number of nitrogens with one attached hydrogen (secondary N) is 2. The van der Waals surface area contributed by atoms with Crippen molar-refractivity contribution in [3.8, 4) is 11.1 Å². The first kappa shape index (κ1) is 32.5. The molecule has 1 aliphatic heterocycles. The van der Waals surface area contributed by atoms with Gasteiger partial charge in [0.15, 0.2) is 6.29 Å². The third-order valence-corrected chi connectivity index (χ3v) is 9.57. The number of urea groups is 1. The lowest BCUT2D eigenvalue weighted by Crippen LogP contribution is -2.38. The van der Waals surface area contributed by atoms with Gasteiger partial charge in [-0.2, -0.15) is 0 Å². The van der Waals surface area contributed by atoms with E-state index in [9.17, 15) is 9.90 Å². The van der Waals surface area contributed by atoms with Crippen LogP contribution in [0.3, 0.4) is 0 Å². The van der Waals surface area contributed by atoms with Gasteiger partial charge in [-0.1, -0.05) is 122 Å². The average molecular weight is 645 g/mol. The Kier molecular flexibility index (Phi) is 11.0. The monoisotopic (exact) mass is 644 g/mol. The lowest BCUT2D eigenvalue weighted by molar-refractivity contribution is -0.268. The van der Waals surface area contributed by atoms with Crippen LogP contribution in [0.4, 0.5) is 4.79 Å². The highest BCUT2D eigenvalue weighted by molar-refractivity contribution is 7.99. The van der Waals surface area contributed by atoms with E-state index in [1.54, 1.807) is 11.8 Å². The highest BCUT2D eigenvalue weighted by Gasteiger charge is 2.38. The van der Waals surface area contributed by atoms with Crippen LogP contribution < -0.4 is 10.6 Å². The summed E-state index contributed by atoms with van der Waals surface area (Å²) < 4.78 is 13.3. The van der Waals surface area contributed by atoms with E-state index >= 15 is 0 Å². The number of thioether (sulfide) groups is 1. The van der Waals surface area contributed by atoms with Crippen molar-refractivity contribution in [2.75, 3.05) is 5.75 Å². The van der Waals surface area contributed by atoms with E-state index in [-0.39, 0.29) is 30.8 Å². The van der Waals surface area contributed by atoms with E-state index in [4.69, 9.17) is 9.47 Å². The van der Waals surface area contributed by atoms with Crippen molar-refractivity contribution in [1.29, 1.82) is 0 Å². The molecular formula is C40H40N2O4S. The van der Waals surface area contributed by atoms with Crippen molar-refractivity contribution in [3.05, 3.63) is 161 Å². The molecule has 0 aliphatic carbocycles. The number of ether oxygens (including phenoxy) is 2. The number of aliphatic hydroxyl groups is 1. The van der Waals surface area contributed by atoms with E-state index in [0.717, 1.165) is 44.7 Å². The maximum absolute atomic E-state index is 12.4. The molecule has 6 rings (SSSR count). The fourth-order valence-corrected chi connectivity index (χ4v) is 6.81. The van der Waals surface area contributed by atoms with Gasteiger partial charge < -0.3 is 25.2 Å². The van der Waals surface area contributed by atoms with E-state index in [2.05, 4.69) is 78.2 Å². The molecule has 47 heavy (non-hydrogen) atoms. The predicted octanol–water partition coefficient (Wildman–Crippen LogP) is 8.43. The number of carbonyl (C=O) groups excluding carboxylic acids is 1. The molecule has 5 aromatic rings. The van der Waals surface area contributed by atoms with Crippen LogP contribution in [0.25, 0.3) is 11.1 Å². The molecule has 0 radical (unpaired) electrons. The van der Waals surface area contributed by atoms with Gasteiger partial charge in [0.1, 0.15) is 0 Å². The minimum atomic E-state index is -0.519. The Morgan fingerprint density at radius 2 is 1.32 bits per heavy atom. The summed E-state index contributed by atoms with van der Waals surface area (Å²) in [5.74, 6) is 0.929. The van der Waals surface area contributed by atoms with Crippen molar-refractivity contribution in [3.63, 3.8) is 0 Å². The number of aliphatic hydroxyl groups excluding tert-OH is 1. The van der Waals surface area contributed by atoms with Crippen LogP contribution in [-0.4, -0.2) is 23.0 Å². The molecule has 7 heteroatoms. The Labute approximate surface area is 281 Å². The maximum atomic E-state index is 12.4. The molecule has 2 amide bonds. The molecule has 0 bridgehead atoms.